The molecule has 7 nitrogen and oxygen atoms in total. The second-order valence-electron chi connectivity index (χ2n) is 6.10. The first-order chi connectivity index (χ1) is 12.0. The molecule has 1 saturated heterocycles. The lowest BCUT2D eigenvalue weighted by Crippen LogP contribution is -2.43. The number of carbonyl (C=O) groups is 2. The highest BCUT2D eigenvalue weighted by Gasteiger charge is 2.62. The number of primary amides is 1. The maximum Gasteiger partial charge on any atom is 0.240 e. The van der Waals surface area contributed by atoms with Crippen LogP contribution in [0.3, 0.4) is 0 Å². The molecule has 0 radical (unpaired) electrons. The third-order valence-corrected chi connectivity index (χ3v) is 4.77. The molecule has 3 rings (SSSR count). The van der Waals surface area contributed by atoms with E-state index in [0.717, 1.165) is 0 Å². The molecule has 0 unspecified atom stereocenters. The number of hydrogen-bond acceptors (Lipinski definition) is 6. The lowest BCUT2D eigenvalue weighted by atomic mass is 9.70. The first-order valence-corrected chi connectivity index (χ1v) is 7.66. The number of fused-ring (bicyclic) bond motifs is 1. The lowest BCUT2D eigenvalue weighted by Gasteiger charge is -2.30. The van der Waals surface area contributed by atoms with Crippen LogP contribution in [0, 0.1) is 28.1 Å². The molecule has 0 bridgehead atoms. The number of allylic oxidation sites excluding steroid dienone is 2. The smallest absolute Gasteiger partial charge is 0.240 e. The van der Waals surface area contributed by atoms with E-state index in [-0.39, 0.29) is 5.78 Å². The normalized spacial score (nSPS) is 26.1. The highest BCUT2D eigenvalue weighted by molar-refractivity contribution is 5.96. The quantitative estimate of drug-likeness (QED) is 0.871. The van der Waals surface area contributed by atoms with Crippen molar-refractivity contribution in [2.45, 2.75) is 24.9 Å². The Morgan fingerprint density at radius 2 is 2.08 bits per heavy atom. The average Bonchev–Trinajstić information content (AvgIpc) is 2.92. The molecule has 2 aliphatic rings. The molecule has 124 valence electrons. The minimum Gasteiger partial charge on any atom is -0.368 e. The van der Waals surface area contributed by atoms with Crippen LogP contribution < -0.4 is 5.73 Å². The Hall–Kier alpha value is -3.45. The van der Waals surface area contributed by atoms with Gasteiger partial charge >= 0.3 is 0 Å². The molecule has 0 aliphatic carbocycles. The Kier molecular flexibility index (Phi) is 3.86. The van der Waals surface area contributed by atoms with Crippen molar-refractivity contribution in [1.82, 2.24) is 9.88 Å². The van der Waals surface area contributed by atoms with E-state index in [0.29, 0.717) is 11.1 Å². The van der Waals surface area contributed by atoms with E-state index in [2.05, 4.69) is 17.1 Å². The number of aromatic nitrogens is 1. The number of rotatable bonds is 3. The zero-order chi connectivity index (χ0) is 18.2. The van der Waals surface area contributed by atoms with Crippen LogP contribution in [0.4, 0.5) is 0 Å². The summed E-state index contributed by atoms with van der Waals surface area (Å²) in [4.78, 5) is 29.6. The van der Waals surface area contributed by atoms with Gasteiger partial charge in [-0.25, -0.2) is 0 Å². The largest absolute Gasteiger partial charge is 0.368 e. The van der Waals surface area contributed by atoms with Crippen molar-refractivity contribution in [1.29, 1.82) is 10.5 Å². The first kappa shape index (κ1) is 16.4. The molecule has 1 aromatic rings. The van der Waals surface area contributed by atoms with Gasteiger partial charge in [0, 0.05) is 30.1 Å². The fourth-order valence-corrected chi connectivity index (χ4v) is 3.64. The van der Waals surface area contributed by atoms with Crippen molar-refractivity contribution in [2.24, 2.45) is 11.1 Å². The number of ketones is 1. The summed E-state index contributed by atoms with van der Waals surface area (Å²) in [7, 11) is 0. The van der Waals surface area contributed by atoms with E-state index >= 15 is 0 Å². The first-order valence-electron chi connectivity index (χ1n) is 7.66. The van der Waals surface area contributed by atoms with Crippen LogP contribution >= 0.6 is 0 Å². The van der Waals surface area contributed by atoms with E-state index in [1.807, 2.05) is 0 Å². The van der Waals surface area contributed by atoms with Crippen molar-refractivity contribution in [2.75, 3.05) is 0 Å². The van der Waals surface area contributed by atoms with Gasteiger partial charge in [-0.15, -0.1) is 0 Å². The van der Waals surface area contributed by atoms with Gasteiger partial charge in [-0.2, -0.15) is 10.5 Å². The maximum absolute atomic E-state index is 12.2. The fourth-order valence-electron chi connectivity index (χ4n) is 3.64. The number of amides is 1. The van der Waals surface area contributed by atoms with Crippen LogP contribution in [-0.4, -0.2) is 33.7 Å². The van der Waals surface area contributed by atoms with Gasteiger partial charge in [0.05, 0.1) is 18.2 Å². The van der Waals surface area contributed by atoms with Gasteiger partial charge in [0.2, 0.25) is 5.91 Å². The van der Waals surface area contributed by atoms with Crippen LogP contribution in [0.15, 0.2) is 48.5 Å². The van der Waals surface area contributed by atoms with Crippen LogP contribution in [0.2, 0.25) is 0 Å². The third kappa shape index (κ3) is 2.29. The highest BCUT2D eigenvalue weighted by Crippen LogP contribution is 2.52. The molecule has 1 fully saturated rings. The zero-order valence-corrected chi connectivity index (χ0v) is 13.5. The van der Waals surface area contributed by atoms with Gasteiger partial charge in [-0.05, 0) is 18.6 Å². The summed E-state index contributed by atoms with van der Waals surface area (Å²) in [6, 6.07) is 5.97. The molecular weight excluding hydrogens is 318 g/mol. The molecule has 0 spiro atoms. The molecule has 3 heterocycles. The highest BCUT2D eigenvalue weighted by atomic mass is 16.1. The van der Waals surface area contributed by atoms with Crippen molar-refractivity contribution in [3.63, 3.8) is 0 Å². The molecule has 1 amide bonds. The predicted molar refractivity (Wildman–Crippen MR) is 87.2 cm³/mol. The second kappa shape index (κ2) is 5.88. The summed E-state index contributed by atoms with van der Waals surface area (Å²) in [5.41, 5.74) is 5.06. The van der Waals surface area contributed by atoms with E-state index in [4.69, 9.17) is 5.73 Å². The minimum atomic E-state index is -1.53. The SMILES string of the molecule is CC(=O)C1=CN2[C@H](C(N)=O)[C@H](c3cccnc3)C(C#N)(C#N)[C@H]2C=C1. The Bertz CT molecular complexity index is 861. The van der Waals surface area contributed by atoms with Crippen molar-refractivity contribution in [3.05, 3.63) is 54.0 Å². The number of hydrogen-bond donors (Lipinski definition) is 1. The number of pyridine rings is 1. The Morgan fingerprint density at radius 3 is 2.60 bits per heavy atom. The predicted octanol–water partition coefficient (Wildman–Crippen LogP) is 0.780. The standard InChI is InChI=1S/C18H15N5O2/c1-11(24)13-4-5-14-18(9-19,10-20)15(12-3-2-6-22-7-12)16(17(21)25)23(14)8-13/h2-8,14-16H,1H3,(H2,21,25)/t14-,15+,16+/m1/s1. The number of nitrogens with two attached hydrogens (primary N) is 1. The van der Waals surface area contributed by atoms with Crippen LogP contribution in [0.5, 0.6) is 0 Å². The minimum absolute atomic E-state index is 0.178. The van der Waals surface area contributed by atoms with Gasteiger partial charge in [0.1, 0.15) is 6.04 Å². The zero-order valence-electron chi connectivity index (χ0n) is 13.5. The molecule has 7 heteroatoms. The lowest BCUT2D eigenvalue weighted by molar-refractivity contribution is -0.122. The van der Waals surface area contributed by atoms with E-state index in [1.165, 1.54) is 19.3 Å². The van der Waals surface area contributed by atoms with E-state index in [1.54, 1.807) is 35.4 Å². The molecule has 1 aromatic heterocycles. The fraction of sp³-hybridized carbons (Fsp3) is 0.278. The third-order valence-electron chi connectivity index (χ3n) is 4.77. The van der Waals surface area contributed by atoms with Crippen LogP contribution in [0.1, 0.15) is 18.4 Å². The molecule has 0 saturated carbocycles. The molecule has 3 atom stereocenters. The number of nitrogens with zero attached hydrogens (tertiary/aromatic N) is 4. The summed E-state index contributed by atoms with van der Waals surface area (Å²) < 4.78 is 0. The summed E-state index contributed by atoms with van der Waals surface area (Å²) in [5.74, 6) is -1.63. The summed E-state index contributed by atoms with van der Waals surface area (Å²) in [5, 5.41) is 19.7. The molecule has 25 heavy (non-hydrogen) atoms. The summed E-state index contributed by atoms with van der Waals surface area (Å²) >= 11 is 0. The molecular formula is C18H15N5O2. The van der Waals surface area contributed by atoms with Crippen molar-refractivity contribution >= 4 is 11.7 Å². The summed E-state index contributed by atoms with van der Waals surface area (Å²) in [6.45, 7) is 1.41. The second-order valence-corrected chi connectivity index (χ2v) is 6.10. The molecule has 2 aliphatic heterocycles. The number of nitriles is 2. The van der Waals surface area contributed by atoms with Gasteiger partial charge in [0.25, 0.3) is 0 Å². The van der Waals surface area contributed by atoms with Gasteiger partial charge < -0.3 is 10.6 Å². The van der Waals surface area contributed by atoms with Crippen molar-refractivity contribution < 1.29 is 9.59 Å². The Labute approximate surface area is 144 Å². The van der Waals surface area contributed by atoms with E-state index in [9.17, 15) is 20.1 Å². The van der Waals surface area contributed by atoms with Gasteiger partial charge in [0.15, 0.2) is 11.2 Å². The average molecular weight is 333 g/mol. The van der Waals surface area contributed by atoms with Crippen LogP contribution in [-0.2, 0) is 9.59 Å². The molecule has 2 N–H and O–H groups in total. The van der Waals surface area contributed by atoms with Crippen LogP contribution in [0.25, 0.3) is 0 Å². The Morgan fingerprint density at radius 1 is 1.36 bits per heavy atom. The molecule has 0 aromatic carbocycles. The van der Waals surface area contributed by atoms with Gasteiger partial charge in [-0.3, -0.25) is 14.6 Å². The van der Waals surface area contributed by atoms with E-state index < -0.39 is 29.3 Å². The number of Topliss-reactive ketones (excluding diaryl/α,β-unsaturated/α-hetero) is 1. The van der Waals surface area contributed by atoms with Crippen molar-refractivity contribution in [3.8, 4) is 12.1 Å². The summed E-state index contributed by atoms with van der Waals surface area (Å²) in [6.07, 6.45) is 7.81. The topological polar surface area (TPSA) is 124 Å². The Balaban J connectivity index is 2.24. The number of carbonyl (C=O) groups excluding carboxylic acids is 2. The van der Waals surface area contributed by atoms with Gasteiger partial charge in [-0.1, -0.05) is 18.2 Å². The monoisotopic (exact) mass is 333 g/mol. The maximum atomic E-state index is 12.2.